The maximum atomic E-state index is 12.6. The number of nitriles is 1. The third kappa shape index (κ3) is 2.30. The number of pyridine rings is 1. The van der Waals surface area contributed by atoms with Crippen molar-refractivity contribution in [2.24, 2.45) is 0 Å². The SMILES string of the molecule is N#Cc1ccc(-c2cccs2)n(C2CCCCC2)c1=O. The molecule has 0 N–H and O–H groups in total. The van der Waals surface area contributed by atoms with Gasteiger partial charge in [0.2, 0.25) is 0 Å². The molecule has 0 saturated heterocycles. The van der Waals surface area contributed by atoms with Gasteiger partial charge in [0, 0.05) is 6.04 Å². The summed E-state index contributed by atoms with van der Waals surface area (Å²) in [7, 11) is 0. The largest absolute Gasteiger partial charge is 0.303 e. The Morgan fingerprint density at radius 2 is 2.00 bits per heavy atom. The zero-order chi connectivity index (χ0) is 13.9. The van der Waals surface area contributed by atoms with E-state index in [2.05, 4.69) is 0 Å². The zero-order valence-corrected chi connectivity index (χ0v) is 12.0. The van der Waals surface area contributed by atoms with E-state index < -0.39 is 0 Å². The Hall–Kier alpha value is -1.86. The number of aromatic nitrogens is 1. The molecule has 102 valence electrons. The molecule has 2 aromatic heterocycles. The van der Waals surface area contributed by atoms with Crippen molar-refractivity contribution in [1.82, 2.24) is 4.57 Å². The average molecular weight is 284 g/mol. The van der Waals surface area contributed by atoms with Crippen LogP contribution in [-0.4, -0.2) is 4.57 Å². The lowest BCUT2D eigenvalue weighted by atomic mass is 9.94. The molecule has 3 rings (SSSR count). The van der Waals surface area contributed by atoms with Crippen LogP contribution < -0.4 is 5.56 Å². The molecule has 0 unspecified atom stereocenters. The number of hydrogen-bond acceptors (Lipinski definition) is 3. The molecule has 2 heterocycles. The molecule has 0 aromatic carbocycles. The van der Waals surface area contributed by atoms with Gasteiger partial charge in [-0.25, -0.2) is 0 Å². The molecule has 20 heavy (non-hydrogen) atoms. The Bertz CT molecular complexity index is 688. The van der Waals surface area contributed by atoms with Crippen molar-refractivity contribution in [1.29, 1.82) is 5.26 Å². The van der Waals surface area contributed by atoms with E-state index >= 15 is 0 Å². The van der Waals surface area contributed by atoms with Crippen LogP contribution in [0.5, 0.6) is 0 Å². The van der Waals surface area contributed by atoms with E-state index in [9.17, 15) is 4.79 Å². The van der Waals surface area contributed by atoms with Crippen LogP contribution >= 0.6 is 11.3 Å². The lowest BCUT2D eigenvalue weighted by molar-refractivity contribution is 0.349. The second-order valence-corrected chi connectivity index (χ2v) is 6.14. The summed E-state index contributed by atoms with van der Waals surface area (Å²) in [5.74, 6) is 0. The number of thiophene rings is 1. The molecule has 1 saturated carbocycles. The number of hydrogen-bond donors (Lipinski definition) is 0. The van der Waals surface area contributed by atoms with Crippen LogP contribution in [0.3, 0.4) is 0 Å². The van der Waals surface area contributed by atoms with Gasteiger partial charge in [-0.3, -0.25) is 4.79 Å². The van der Waals surface area contributed by atoms with Gasteiger partial charge in [-0.15, -0.1) is 11.3 Å². The van der Waals surface area contributed by atoms with E-state index in [1.165, 1.54) is 6.42 Å². The predicted molar refractivity (Wildman–Crippen MR) is 80.9 cm³/mol. The highest BCUT2D eigenvalue weighted by Gasteiger charge is 2.21. The van der Waals surface area contributed by atoms with Gasteiger partial charge in [0.05, 0.1) is 10.6 Å². The molecular weight excluding hydrogens is 268 g/mol. The molecule has 0 amide bonds. The summed E-state index contributed by atoms with van der Waals surface area (Å²) in [5, 5.41) is 11.1. The van der Waals surface area contributed by atoms with Crippen molar-refractivity contribution in [3.05, 3.63) is 45.6 Å². The summed E-state index contributed by atoms with van der Waals surface area (Å²) in [5.41, 5.74) is 1.07. The first-order valence-electron chi connectivity index (χ1n) is 7.01. The van der Waals surface area contributed by atoms with Crippen molar-refractivity contribution in [2.45, 2.75) is 38.1 Å². The second kappa shape index (κ2) is 5.64. The van der Waals surface area contributed by atoms with Crippen LogP contribution in [0.2, 0.25) is 0 Å². The summed E-state index contributed by atoms with van der Waals surface area (Å²) in [6, 6.07) is 9.85. The van der Waals surface area contributed by atoms with Gasteiger partial charge in [-0.1, -0.05) is 25.3 Å². The van der Waals surface area contributed by atoms with Gasteiger partial charge in [0.25, 0.3) is 5.56 Å². The van der Waals surface area contributed by atoms with E-state index in [0.29, 0.717) is 0 Å². The van der Waals surface area contributed by atoms with Crippen LogP contribution in [0.4, 0.5) is 0 Å². The van der Waals surface area contributed by atoms with Crippen LogP contribution in [0.15, 0.2) is 34.4 Å². The molecular formula is C16H16N2OS. The second-order valence-electron chi connectivity index (χ2n) is 5.19. The Morgan fingerprint density at radius 3 is 2.65 bits per heavy atom. The van der Waals surface area contributed by atoms with E-state index in [4.69, 9.17) is 5.26 Å². The van der Waals surface area contributed by atoms with Gasteiger partial charge in [-0.2, -0.15) is 5.26 Å². The maximum Gasteiger partial charge on any atom is 0.269 e. The molecule has 1 aliphatic rings. The summed E-state index contributed by atoms with van der Waals surface area (Å²) in [6.07, 6.45) is 5.65. The third-order valence-corrected chi connectivity index (χ3v) is 4.84. The summed E-state index contributed by atoms with van der Waals surface area (Å²) >= 11 is 1.63. The minimum absolute atomic E-state index is 0.134. The fraction of sp³-hybridized carbons (Fsp3) is 0.375. The standard InChI is InChI=1S/C16H16N2OS/c17-11-12-8-9-14(15-7-4-10-20-15)18(16(12)19)13-5-2-1-3-6-13/h4,7-10,13H,1-3,5-6H2. The molecule has 3 nitrogen and oxygen atoms in total. The zero-order valence-electron chi connectivity index (χ0n) is 11.2. The Morgan fingerprint density at radius 1 is 1.20 bits per heavy atom. The first kappa shape index (κ1) is 13.1. The highest BCUT2D eigenvalue weighted by molar-refractivity contribution is 7.13. The Kier molecular flexibility index (Phi) is 3.70. The highest BCUT2D eigenvalue weighted by Crippen LogP contribution is 2.32. The maximum absolute atomic E-state index is 12.6. The van der Waals surface area contributed by atoms with Crippen molar-refractivity contribution >= 4 is 11.3 Å². The number of nitrogens with zero attached hydrogens (tertiary/aromatic N) is 2. The van der Waals surface area contributed by atoms with Gasteiger partial charge in [-0.05, 0) is 36.4 Å². The predicted octanol–water partition coefficient (Wildman–Crippen LogP) is 3.95. The van der Waals surface area contributed by atoms with E-state index in [1.54, 1.807) is 17.4 Å². The van der Waals surface area contributed by atoms with Crippen molar-refractivity contribution in [3.63, 3.8) is 0 Å². The lowest BCUT2D eigenvalue weighted by Crippen LogP contribution is -2.29. The van der Waals surface area contributed by atoms with E-state index in [1.807, 2.05) is 34.2 Å². The smallest absolute Gasteiger partial charge is 0.269 e. The van der Waals surface area contributed by atoms with Crippen LogP contribution in [0.1, 0.15) is 43.7 Å². The molecule has 1 fully saturated rings. The van der Waals surface area contributed by atoms with E-state index in [0.717, 1.165) is 36.3 Å². The Labute approximate surface area is 122 Å². The number of rotatable bonds is 2. The molecule has 0 radical (unpaired) electrons. The van der Waals surface area contributed by atoms with Crippen molar-refractivity contribution in [3.8, 4) is 16.6 Å². The quantitative estimate of drug-likeness (QED) is 0.838. The minimum Gasteiger partial charge on any atom is -0.303 e. The summed E-state index contributed by atoms with van der Waals surface area (Å²) < 4.78 is 1.86. The fourth-order valence-electron chi connectivity index (χ4n) is 2.97. The first-order chi connectivity index (χ1) is 9.81. The van der Waals surface area contributed by atoms with Crippen LogP contribution in [0, 0.1) is 11.3 Å². The van der Waals surface area contributed by atoms with Gasteiger partial charge in [0.15, 0.2) is 0 Å². The first-order valence-corrected chi connectivity index (χ1v) is 7.89. The molecule has 0 aliphatic heterocycles. The fourth-order valence-corrected chi connectivity index (χ4v) is 3.71. The van der Waals surface area contributed by atoms with Gasteiger partial charge >= 0.3 is 0 Å². The van der Waals surface area contributed by atoms with Gasteiger partial charge in [0.1, 0.15) is 11.6 Å². The molecule has 2 aromatic rings. The van der Waals surface area contributed by atoms with Crippen LogP contribution in [0.25, 0.3) is 10.6 Å². The Balaban J connectivity index is 2.17. The van der Waals surface area contributed by atoms with E-state index in [-0.39, 0.29) is 17.2 Å². The van der Waals surface area contributed by atoms with Gasteiger partial charge < -0.3 is 4.57 Å². The van der Waals surface area contributed by atoms with Crippen LogP contribution in [-0.2, 0) is 0 Å². The molecule has 0 spiro atoms. The van der Waals surface area contributed by atoms with Crippen molar-refractivity contribution < 1.29 is 0 Å². The average Bonchev–Trinajstić information content (AvgIpc) is 3.02. The topological polar surface area (TPSA) is 45.8 Å². The highest BCUT2D eigenvalue weighted by atomic mass is 32.1. The minimum atomic E-state index is -0.134. The van der Waals surface area contributed by atoms with Crippen molar-refractivity contribution in [2.75, 3.05) is 0 Å². The summed E-state index contributed by atoms with van der Waals surface area (Å²) in [6.45, 7) is 0. The molecule has 1 aliphatic carbocycles. The lowest BCUT2D eigenvalue weighted by Gasteiger charge is -2.26. The third-order valence-electron chi connectivity index (χ3n) is 3.95. The monoisotopic (exact) mass is 284 g/mol. The normalized spacial score (nSPS) is 15.9. The molecule has 0 atom stereocenters. The molecule has 0 bridgehead atoms. The summed E-state index contributed by atoms with van der Waals surface area (Å²) in [4.78, 5) is 13.7. The molecule has 4 heteroatoms.